The molecule has 23 heavy (non-hydrogen) atoms. The fourth-order valence-electron chi connectivity index (χ4n) is 3.31. The second-order valence-electron chi connectivity index (χ2n) is 6.77. The first-order valence-corrected chi connectivity index (χ1v) is 8.14. The summed E-state index contributed by atoms with van der Waals surface area (Å²) < 4.78 is 28.3. The lowest BCUT2D eigenvalue weighted by Crippen LogP contribution is -2.60. The lowest BCUT2D eigenvalue weighted by molar-refractivity contribution is -0.132. The summed E-state index contributed by atoms with van der Waals surface area (Å²) in [6.07, 6.45) is -1.20. The highest BCUT2D eigenvalue weighted by Crippen LogP contribution is 2.41. The van der Waals surface area contributed by atoms with Gasteiger partial charge < -0.3 is 15.3 Å². The SMILES string of the molecule is C[C@@H]1[C@@H](O)[C@H](O)[C@@H](O)CN1CCc1c(F)cc(C2CC2)cc1F. The number of hydrogen-bond acceptors (Lipinski definition) is 4. The first kappa shape index (κ1) is 16.8. The van der Waals surface area contributed by atoms with Crippen molar-refractivity contribution in [1.29, 1.82) is 0 Å². The van der Waals surface area contributed by atoms with Gasteiger partial charge in [0.15, 0.2) is 0 Å². The summed E-state index contributed by atoms with van der Waals surface area (Å²) >= 11 is 0. The minimum absolute atomic E-state index is 0.0386. The number of hydrogen-bond donors (Lipinski definition) is 3. The Balaban J connectivity index is 1.68. The summed E-state index contributed by atoms with van der Waals surface area (Å²) in [6.45, 7) is 2.20. The second-order valence-corrected chi connectivity index (χ2v) is 6.77. The van der Waals surface area contributed by atoms with E-state index in [-0.39, 0.29) is 24.6 Å². The highest BCUT2D eigenvalue weighted by atomic mass is 19.1. The Hall–Kier alpha value is -1.08. The number of β-amino-alcohol motifs (C(OH)–C–C–N with tert-alkyl or cyclic N) is 1. The van der Waals surface area contributed by atoms with E-state index in [1.165, 1.54) is 12.1 Å². The highest BCUT2D eigenvalue weighted by Gasteiger charge is 2.38. The predicted octanol–water partition coefficient (Wildman–Crippen LogP) is 1.17. The summed E-state index contributed by atoms with van der Waals surface area (Å²) in [7, 11) is 0. The van der Waals surface area contributed by atoms with Crippen LogP contribution in [-0.2, 0) is 6.42 Å². The van der Waals surface area contributed by atoms with Crippen LogP contribution in [0.5, 0.6) is 0 Å². The zero-order chi connectivity index (χ0) is 16.7. The number of piperidine rings is 1. The molecule has 0 amide bonds. The predicted molar refractivity (Wildman–Crippen MR) is 81.1 cm³/mol. The van der Waals surface area contributed by atoms with Crippen molar-refractivity contribution in [2.24, 2.45) is 0 Å². The van der Waals surface area contributed by atoms with Crippen molar-refractivity contribution in [3.8, 4) is 0 Å². The molecule has 2 fully saturated rings. The topological polar surface area (TPSA) is 63.9 Å². The number of aliphatic hydroxyl groups is 3. The number of halogens is 2. The third-order valence-electron chi connectivity index (χ3n) is 5.10. The number of likely N-dealkylation sites (tertiary alicyclic amines) is 1. The van der Waals surface area contributed by atoms with Crippen LogP contribution in [-0.4, -0.2) is 57.7 Å². The Morgan fingerprint density at radius 3 is 2.26 bits per heavy atom. The highest BCUT2D eigenvalue weighted by molar-refractivity contribution is 5.31. The van der Waals surface area contributed by atoms with Gasteiger partial charge in [-0.05, 0) is 49.8 Å². The first-order chi connectivity index (χ1) is 10.9. The van der Waals surface area contributed by atoms with E-state index in [4.69, 9.17) is 0 Å². The van der Waals surface area contributed by atoms with Crippen molar-refractivity contribution >= 4 is 0 Å². The Labute approximate surface area is 134 Å². The Morgan fingerprint density at radius 2 is 1.70 bits per heavy atom. The molecule has 1 saturated carbocycles. The fourth-order valence-corrected chi connectivity index (χ4v) is 3.31. The zero-order valence-electron chi connectivity index (χ0n) is 13.1. The van der Waals surface area contributed by atoms with E-state index in [1.54, 1.807) is 11.8 Å². The summed E-state index contributed by atoms with van der Waals surface area (Å²) in [5.74, 6) is -0.766. The third kappa shape index (κ3) is 3.40. The maximum atomic E-state index is 14.2. The average molecular weight is 327 g/mol. The average Bonchev–Trinajstić information content (AvgIpc) is 3.33. The summed E-state index contributed by atoms with van der Waals surface area (Å²) in [5, 5.41) is 29.3. The van der Waals surface area contributed by atoms with Crippen LogP contribution in [0.4, 0.5) is 8.78 Å². The van der Waals surface area contributed by atoms with Gasteiger partial charge >= 0.3 is 0 Å². The molecule has 1 saturated heterocycles. The summed E-state index contributed by atoms with van der Waals surface area (Å²) in [6, 6.07) is 2.46. The van der Waals surface area contributed by atoms with Crippen molar-refractivity contribution in [2.75, 3.05) is 13.1 Å². The van der Waals surface area contributed by atoms with Gasteiger partial charge in [-0.1, -0.05) is 0 Å². The molecule has 0 bridgehead atoms. The van der Waals surface area contributed by atoms with Crippen molar-refractivity contribution in [1.82, 2.24) is 4.90 Å². The normalized spacial score (nSPS) is 32.3. The molecule has 1 aromatic carbocycles. The van der Waals surface area contributed by atoms with E-state index in [0.29, 0.717) is 12.5 Å². The van der Waals surface area contributed by atoms with Gasteiger partial charge in [0.25, 0.3) is 0 Å². The zero-order valence-corrected chi connectivity index (χ0v) is 13.1. The molecule has 4 nitrogen and oxygen atoms in total. The molecule has 3 N–H and O–H groups in total. The first-order valence-electron chi connectivity index (χ1n) is 8.14. The largest absolute Gasteiger partial charge is 0.389 e. The van der Waals surface area contributed by atoms with Crippen molar-refractivity contribution in [3.05, 3.63) is 34.9 Å². The molecule has 2 aliphatic rings. The van der Waals surface area contributed by atoms with E-state index >= 15 is 0 Å². The van der Waals surface area contributed by atoms with Gasteiger partial charge in [0.05, 0.1) is 12.2 Å². The van der Waals surface area contributed by atoms with Crippen LogP contribution in [0, 0.1) is 11.6 Å². The van der Waals surface area contributed by atoms with Gasteiger partial charge in [-0.25, -0.2) is 8.78 Å². The third-order valence-corrected chi connectivity index (χ3v) is 5.10. The van der Waals surface area contributed by atoms with Gasteiger partial charge in [0, 0.05) is 24.7 Å². The molecule has 1 aliphatic carbocycles. The molecule has 0 unspecified atom stereocenters. The second kappa shape index (κ2) is 6.43. The quantitative estimate of drug-likeness (QED) is 0.777. The van der Waals surface area contributed by atoms with E-state index in [1.807, 2.05) is 0 Å². The van der Waals surface area contributed by atoms with Gasteiger partial charge in [-0.2, -0.15) is 0 Å². The lowest BCUT2D eigenvalue weighted by atomic mass is 9.94. The monoisotopic (exact) mass is 327 g/mol. The van der Waals surface area contributed by atoms with Gasteiger partial charge in [-0.15, -0.1) is 0 Å². The molecule has 3 rings (SSSR count). The minimum Gasteiger partial charge on any atom is -0.389 e. The lowest BCUT2D eigenvalue weighted by Gasteiger charge is -2.42. The smallest absolute Gasteiger partial charge is 0.129 e. The number of nitrogens with zero attached hydrogens (tertiary/aromatic N) is 1. The molecule has 6 heteroatoms. The Kier molecular flexibility index (Phi) is 4.69. The molecule has 0 radical (unpaired) electrons. The number of benzene rings is 1. The van der Waals surface area contributed by atoms with Crippen LogP contribution < -0.4 is 0 Å². The van der Waals surface area contributed by atoms with Crippen molar-refractivity contribution in [2.45, 2.75) is 56.5 Å². The van der Waals surface area contributed by atoms with Gasteiger partial charge in [0.2, 0.25) is 0 Å². The van der Waals surface area contributed by atoms with Crippen LogP contribution >= 0.6 is 0 Å². The molecule has 128 valence electrons. The van der Waals surface area contributed by atoms with Gasteiger partial charge in [-0.3, -0.25) is 4.90 Å². The van der Waals surface area contributed by atoms with Crippen LogP contribution in [0.25, 0.3) is 0 Å². The molecule has 4 atom stereocenters. The van der Waals surface area contributed by atoms with E-state index < -0.39 is 29.9 Å². The molecule has 0 spiro atoms. The summed E-state index contributed by atoms with van der Waals surface area (Å²) in [5.41, 5.74) is 0.765. The molecule has 0 aromatic heterocycles. The minimum atomic E-state index is -1.19. The Bertz CT molecular complexity index is 556. The fraction of sp³-hybridized carbons (Fsp3) is 0.647. The Morgan fingerprint density at radius 1 is 1.09 bits per heavy atom. The van der Waals surface area contributed by atoms with Crippen molar-refractivity contribution < 1.29 is 24.1 Å². The number of rotatable bonds is 4. The molecule has 1 heterocycles. The van der Waals surface area contributed by atoms with Crippen LogP contribution in [0.1, 0.15) is 36.8 Å². The van der Waals surface area contributed by atoms with E-state index in [9.17, 15) is 24.1 Å². The molecule has 1 aliphatic heterocycles. The summed E-state index contributed by atoms with van der Waals surface area (Å²) in [4.78, 5) is 1.75. The van der Waals surface area contributed by atoms with Crippen molar-refractivity contribution in [3.63, 3.8) is 0 Å². The molecular weight excluding hydrogens is 304 g/mol. The molecular formula is C17H23F2NO3. The van der Waals surface area contributed by atoms with E-state index in [2.05, 4.69) is 0 Å². The maximum absolute atomic E-state index is 14.2. The maximum Gasteiger partial charge on any atom is 0.129 e. The van der Waals surface area contributed by atoms with Crippen LogP contribution in [0.2, 0.25) is 0 Å². The number of aliphatic hydroxyl groups excluding tert-OH is 3. The van der Waals surface area contributed by atoms with Crippen LogP contribution in [0.3, 0.4) is 0 Å². The molecule has 1 aromatic rings. The van der Waals surface area contributed by atoms with Gasteiger partial charge in [0.1, 0.15) is 17.7 Å². The van der Waals surface area contributed by atoms with E-state index in [0.717, 1.165) is 18.4 Å². The standard InChI is InChI=1S/C17H23F2NO3/c1-9-16(22)17(23)15(21)8-20(9)5-4-12-13(18)6-11(7-14(12)19)10-2-3-10/h6-7,9-10,15-17,21-23H,2-5,8H2,1H3/t9-,15+,16-,17-/m1/s1. The van der Waals surface area contributed by atoms with Crippen LogP contribution in [0.15, 0.2) is 12.1 Å².